The molecule has 2 aromatic rings. The summed E-state index contributed by atoms with van der Waals surface area (Å²) in [6.07, 6.45) is 1.95. The first kappa shape index (κ1) is 17.8. The van der Waals surface area contributed by atoms with E-state index in [2.05, 4.69) is 0 Å². The third-order valence-electron chi connectivity index (χ3n) is 3.98. The van der Waals surface area contributed by atoms with Gasteiger partial charge in [0.15, 0.2) is 0 Å². The van der Waals surface area contributed by atoms with Crippen molar-refractivity contribution < 1.29 is 24.1 Å². The zero-order chi connectivity index (χ0) is 17.7. The topological polar surface area (TPSA) is 65.0 Å². The largest absolute Gasteiger partial charge is 0.496 e. The molecule has 5 heteroatoms. The summed E-state index contributed by atoms with van der Waals surface area (Å²) in [6.45, 7) is 2.24. The fourth-order valence-corrected chi connectivity index (χ4v) is 2.80. The van der Waals surface area contributed by atoms with Crippen LogP contribution in [0.1, 0.15) is 17.5 Å². The number of rotatable bonds is 7. The summed E-state index contributed by atoms with van der Waals surface area (Å²) in [7, 11) is 4.74. The first-order valence-corrected chi connectivity index (χ1v) is 7.61. The Morgan fingerprint density at radius 3 is 2.17 bits per heavy atom. The molecule has 5 nitrogen and oxygen atoms in total. The van der Waals surface area contributed by atoms with Gasteiger partial charge in [-0.15, -0.1) is 0 Å². The lowest BCUT2D eigenvalue weighted by Gasteiger charge is -2.17. The first-order chi connectivity index (χ1) is 11.5. The number of fused-ring (bicyclic) bond motifs is 1. The van der Waals surface area contributed by atoms with Gasteiger partial charge in [0.1, 0.15) is 11.5 Å². The molecule has 24 heavy (non-hydrogen) atoms. The average Bonchev–Trinajstić information content (AvgIpc) is 2.58. The highest BCUT2D eigenvalue weighted by molar-refractivity contribution is 6.00. The molecule has 0 aromatic heterocycles. The molecule has 0 saturated heterocycles. The summed E-state index contributed by atoms with van der Waals surface area (Å²) in [5.74, 6) is 0.384. The van der Waals surface area contributed by atoms with Crippen molar-refractivity contribution in [2.75, 3.05) is 27.9 Å². The van der Waals surface area contributed by atoms with Gasteiger partial charge in [-0.25, -0.2) is 4.79 Å². The van der Waals surface area contributed by atoms with Gasteiger partial charge >= 0.3 is 5.97 Å². The van der Waals surface area contributed by atoms with Gasteiger partial charge in [-0.3, -0.25) is 0 Å². The van der Waals surface area contributed by atoms with Crippen molar-refractivity contribution in [3.63, 3.8) is 0 Å². The number of benzene rings is 2. The van der Waals surface area contributed by atoms with E-state index in [1.807, 2.05) is 31.2 Å². The molecule has 0 aliphatic heterocycles. The van der Waals surface area contributed by atoms with Crippen LogP contribution in [0.25, 0.3) is 16.8 Å². The molecule has 2 rings (SSSR count). The number of ether oxygens (including phenoxy) is 3. The van der Waals surface area contributed by atoms with Crippen molar-refractivity contribution in [1.29, 1.82) is 0 Å². The minimum Gasteiger partial charge on any atom is -0.496 e. The molecule has 0 saturated carbocycles. The highest BCUT2D eigenvalue weighted by atomic mass is 16.5. The Kier molecular flexibility index (Phi) is 5.82. The highest BCUT2D eigenvalue weighted by Crippen LogP contribution is 2.41. The fourth-order valence-electron chi connectivity index (χ4n) is 2.80. The molecule has 0 atom stereocenters. The molecule has 1 N–H and O–H groups in total. The minimum atomic E-state index is -0.972. The Hall–Kier alpha value is -2.53. The standard InChI is InChI=1S/C19H22O5/c1-12-16(11-13(19(20)21)9-10-22-2)18(24-4)15-8-6-5-7-14(15)17(12)23-3/h5-8,11H,9-10H2,1-4H3,(H,20,21). The van der Waals surface area contributed by atoms with Gasteiger partial charge in [0.2, 0.25) is 0 Å². The Morgan fingerprint density at radius 1 is 1.08 bits per heavy atom. The van der Waals surface area contributed by atoms with Gasteiger partial charge in [0, 0.05) is 41.0 Å². The lowest BCUT2D eigenvalue weighted by atomic mass is 9.96. The number of methoxy groups -OCH3 is 3. The van der Waals surface area contributed by atoms with Gasteiger partial charge in [-0.2, -0.15) is 0 Å². The fraction of sp³-hybridized carbons (Fsp3) is 0.316. The van der Waals surface area contributed by atoms with Crippen LogP contribution in [-0.2, 0) is 9.53 Å². The summed E-state index contributed by atoms with van der Waals surface area (Å²) < 4.78 is 16.2. The summed E-state index contributed by atoms with van der Waals surface area (Å²) in [5, 5.41) is 11.3. The Bertz CT molecular complexity index is 777. The molecular formula is C19H22O5. The predicted molar refractivity (Wildman–Crippen MR) is 93.9 cm³/mol. The van der Waals surface area contributed by atoms with Crippen LogP contribution in [0.5, 0.6) is 11.5 Å². The number of carbonyl (C=O) groups is 1. The number of aliphatic carboxylic acids is 1. The van der Waals surface area contributed by atoms with Gasteiger partial charge < -0.3 is 19.3 Å². The molecule has 0 unspecified atom stereocenters. The van der Waals surface area contributed by atoms with E-state index in [4.69, 9.17) is 14.2 Å². The molecule has 0 heterocycles. The summed E-state index contributed by atoms with van der Waals surface area (Å²) in [5.41, 5.74) is 1.81. The molecule has 0 fully saturated rings. The maximum absolute atomic E-state index is 11.5. The normalized spacial score (nSPS) is 11.6. The van der Waals surface area contributed by atoms with E-state index in [0.29, 0.717) is 30.1 Å². The average molecular weight is 330 g/mol. The minimum absolute atomic E-state index is 0.260. The van der Waals surface area contributed by atoms with Crippen LogP contribution in [0.3, 0.4) is 0 Å². The molecule has 2 aromatic carbocycles. The molecule has 0 amide bonds. The van der Waals surface area contributed by atoms with Crippen molar-refractivity contribution >= 4 is 22.8 Å². The van der Waals surface area contributed by atoms with Gasteiger partial charge in [0.05, 0.1) is 20.8 Å². The van der Waals surface area contributed by atoms with Crippen molar-refractivity contribution in [3.8, 4) is 11.5 Å². The van der Waals surface area contributed by atoms with Crippen molar-refractivity contribution in [3.05, 3.63) is 41.0 Å². The first-order valence-electron chi connectivity index (χ1n) is 7.61. The second-order valence-corrected chi connectivity index (χ2v) is 5.37. The molecule has 128 valence electrons. The number of hydrogen-bond acceptors (Lipinski definition) is 4. The lowest BCUT2D eigenvalue weighted by molar-refractivity contribution is -0.132. The molecule has 0 bridgehead atoms. The van der Waals surface area contributed by atoms with E-state index < -0.39 is 5.97 Å². The molecule has 0 aliphatic carbocycles. The third kappa shape index (κ3) is 3.36. The van der Waals surface area contributed by atoms with Crippen molar-refractivity contribution in [2.45, 2.75) is 13.3 Å². The van der Waals surface area contributed by atoms with Crippen LogP contribution in [0.4, 0.5) is 0 Å². The number of carboxylic acid groups (broad SMARTS) is 1. The van der Waals surface area contributed by atoms with Gasteiger partial charge in [-0.05, 0) is 13.0 Å². The quantitative estimate of drug-likeness (QED) is 0.785. The van der Waals surface area contributed by atoms with Gasteiger partial charge in [0.25, 0.3) is 0 Å². The zero-order valence-corrected chi connectivity index (χ0v) is 14.4. The second-order valence-electron chi connectivity index (χ2n) is 5.37. The van der Waals surface area contributed by atoms with E-state index in [-0.39, 0.29) is 5.57 Å². The van der Waals surface area contributed by atoms with Crippen LogP contribution < -0.4 is 9.47 Å². The number of carboxylic acids is 1. The van der Waals surface area contributed by atoms with E-state index >= 15 is 0 Å². The molecule has 0 spiro atoms. The van der Waals surface area contributed by atoms with E-state index in [0.717, 1.165) is 16.3 Å². The lowest BCUT2D eigenvalue weighted by Crippen LogP contribution is -2.05. The van der Waals surface area contributed by atoms with Crippen LogP contribution in [0.15, 0.2) is 29.8 Å². The number of hydrogen-bond donors (Lipinski definition) is 1. The maximum Gasteiger partial charge on any atom is 0.331 e. The Morgan fingerprint density at radius 2 is 1.67 bits per heavy atom. The highest BCUT2D eigenvalue weighted by Gasteiger charge is 2.18. The predicted octanol–water partition coefficient (Wildman–Crippen LogP) is 3.67. The monoisotopic (exact) mass is 330 g/mol. The van der Waals surface area contributed by atoms with E-state index in [1.54, 1.807) is 27.4 Å². The zero-order valence-electron chi connectivity index (χ0n) is 14.4. The van der Waals surface area contributed by atoms with Crippen LogP contribution in [0, 0.1) is 6.92 Å². The maximum atomic E-state index is 11.5. The Balaban J connectivity index is 2.77. The van der Waals surface area contributed by atoms with Crippen LogP contribution >= 0.6 is 0 Å². The van der Waals surface area contributed by atoms with Crippen LogP contribution in [-0.4, -0.2) is 39.0 Å². The summed E-state index contributed by atoms with van der Waals surface area (Å²) in [4.78, 5) is 11.5. The van der Waals surface area contributed by atoms with Gasteiger partial charge in [-0.1, -0.05) is 24.3 Å². The summed E-state index contributed by atoms with van der Waals surface area (Å²) in [6, 6.07) is 7.74. The smallest absolute Gasteiger partial charge is 0.331 e. The summed E-state index contributed by atoms with van der Waals surface area (Å²) >= 11 is 0. The Labute approximate surface area is 141 Å². The van der Waals surface area contributed by atoms with Crippen molar-refractivity contribution in [2.24, 2.45) is 0 Å². The van der Waals surface area contributed by atoms with E-state index in [1.165, 1.54) is 0 Å². The SMILES string of the molecule is COCCC(=Cc1c(C)c(OC)c2ccccc2c1OC)C(=O)O. The third-order valence-corrected chi connectivity index (χ3v) is 3.98. The molecule has 0 radical (unpaired) electrons. The molecule has 0 aliphatic rings. The van der Waals surface area contributed by atoms with Crippen LogP contribution in [0.2, 0.25) is 0 Å². The second kappa shape index (κ2) is 7.84. The van der Waals surface area contributed by atoms with Crippen molar-refractivity contribution in [1.82, 2.24) is 0 Å². The molecular weight excluding hydrogens is 308 g/mol. The van der Waals surface area contributed by atoms with E-state index in [9.17, 15) is 9.90 Å².